The van der Waals surface area contributed by atoms with Crippen LogP contribution in [0.4, 0.5) is 13.2 Å². The first kappa shape index (κ1) is 28.6. The van der Waals surface area contributed by atoms with Crippen LogP contribution in [-0.2, 0) is 4.79 Å². The van der Waals surface area contributed by atoms with Crippen molar-refractivity contribution in [3.05, 3.63) is 83.3 Å². The van der Waals surface area contributed by atoms with Gasteiger partial charge in [0.15, 0.2) is 0 Å². The van der Waals surface area contributed by atoms with Crippen LogP contribution in [0.25, 0.3) is 16.6 Å². The van der Waals surface area contributed by atoms with Crippen molar-refractivity contribution in [1.29, 1.82) is 0 Å². The average molecular weight is 528 g/mol. The molecule has 0 aliphatic carbocycles. The fourth-order valence-corrected chi connectivity index (χ4v) is 4.36. The second-order valence-corrected chi connectivity index (χ2v) is 9.13. The van der Waals surface area contributed by atoms with Crippen LogP contribution in [0.3, 0.4) is 0 Å². The van der Waals surface area contributed by atoms with Crippen LogP contribution >= 0.6 is 0 Å². The minimum absolute atomic E-state index is 0. The van der Waals surface area contributed by atoms with Crippen molar-refractivity contribution in [3.63, 3.8) is 0 Å². The highest BCUT2D eigenvalue weighted by atomic mass is 19.3. The summed E-state index contributed by atoms with van der Waals surface area (Å²) in [4.78, 5) is 12.1. The molecule has 0 saturated heterocycles. The molecule has 0 spiro atoms. The van der Waals surface area contributed by atoms with Crippen molar-refractivity contribution in [1.82, 2.24) is 15.1 Å². The van der Waals surface area contributed by atoms with E-state index in [-0.39, 0.29) is 13.2 Å². The van der Waals surface area contributed by atoms with Crippen molar-refractivity contribution < 1.29 is 27.4 Å². The smallest absolute Gasteiger partial charge is 0.321 e. The van der Waals surface area contributed by atoms with Gasteiger partial charge in [0.05, 0.1) is 30.6 Å². The summed E-state index contributed by atoms with van der Waals surface area (Å²) in [5, 5.41) is 7.55. The van der Waals surface area contributed by atoms with E-state index < -0.39 is 24.0 Å². The van der Waals surface area contributed by atoms with Gasteiger partial charge in [-0.3, -0.25) is 4.79 Å². The summed E-state index contributed by atoms with van der Waals surface area (Å²) >= 11 is 0. The number of hydrogen-bond donors (Lipinski definition) is 1. The number of amides is 1. The molecule has 3 aromatic carbocycles. The summed E-state index contributed by atoms with van der Waals surface area (Å²) in [5.41, 5.74) is 3.87. The van der Waals surface area contributed by atoms with E-state index in [1.165, 1.54) is 12.1 Å². The van der Waals surface area contributed by atoms with Crippen molar-refractivity contribution >= 4 is 16.8 Å². The third-order valence-electron chi connectivity index (χ3n) is 6.10. The van der Waals surface area contributed by atoms with Gasteiger partial charge in [-0.25, -0.2) is 9.07 Å². The van der Waals surface area contributed by atoms with Crippen LogP contribution in [0.5, 0.6) is 11.5 Å². The summed E-state index contributed by atoms with van der Waals surface area (Å²) in [7, 11) is 1.58. The van der Waals surface area contributed by atoms with Crippen LogP contribution in [0.1, 0.15) is 44.1 Å². The number of aromatic nitrogens is 2. The Bertz CT molecular complexity index is 1410. The lowest BCUT2D eigenvalue weighted by atomic mass is 9.97. The average Bonchev–Trinajstić information content (AvgIpc) is 3.25. The van der Waals surface area contributed by atoms with Gasteiger partial charge in [0.25, 0.3) is 5.91 Å². The van der Waals surface area contributed by atoms with Gasteiger partial charge >= 0.3 is 5.92 Å². The number of aryl methyl sites for hydroxylation is 2. The third kappa shape index (κ3) is 5.93. The molecule has 9 heteroatoms. The van der Waals surface area contributed by atoms with E-state index in [1.807, 2.05) is 32.0 Å². The fourth-order valence-electron chi connectivity index (χ4n) is 4.36. The Hall–Kier alpha value is -4.01. The van der Waals surface area contributed by atoms with Gasteiger partial charge in [-0.15, -0.1) is 0 Å². The van der Waals surface area contributed by atoms with Gasteiger partial charge in [0.2, 0.25) is 0 Å². The quantitative estimate of drug-likeness (QED) is 0.277. The normalized spacial score (nSPS) is 12.9. The van der Waals surface area contributed by atoms with Crippen LogP contribution in [0.2, 0.25) is 0 Å². The largest absolute Gasteiger partial charge is 0.496 e. The molecule has 2 atom stereocenters. The molecule has 0 bridgehead atoms. The Balaban J connectivity index is 0.00000400. The number of methoxy groups -OCH3 is 1. The number of carbonyl (C=O) groups excluding carboxylic acids is 1. The van der Waals surface area contributed by atoms with Crippen molar-refractivity contribution in [2.24, 2.45) is 0 Å². The first-order valence-corrected chi connectivity index (χ1v) is 11.7. The highest BCUT2D eigenvalue weighted by Gasteiger charge is 2.35. The lowest BCUT2D eigenvalue weighted by Gasteiger charge is -2.28. The zero-order valence-corrected chi connectivity index (χ0v) is 21.2. The summed E-state index contributed by atoms with van der Waals surface area (Å²) < 4.78 is 54.1. The molecule has 0 aliphatic rings. The molecule has 4 rings (SSSR count). The number of hydrogen-bond acceptors (Lipinski definition) is 4. The van der Waals surface area contributed by atoms with Crippen molar-refractivity contribution in [3.8, 4) is 17.2 Å². The second-order valence-electron chi connectivity index (χ2n) is 9.13. The van der Waals surface area contributed by atoms with Crippen LogP contribution in [0, 0.1) is 19.7 Å². The predicted octanol–water partition coefficient (Wildman–Crippen LogP) is 6.71. The Morgan fingerprint density at radius 1 is 1.05 bits per heavy atom. The number of carbonyl (C=O) groups is 1. The van der Waals surface area contributed by atoms with E-state index in [4.69, 9.17) is 9.47 Å². The highest BCUT2D eigenvalue weighted by molar-refractivity contribution is 5.83. The van der Waals surface area contributed by atoms with Crippen LogP contribution < -0.4 is 14.8 Å². The van der Waals surface area contributed by atoms with E-state index in [0.717, 1.165) is 22.0 Å². The van der Waals surface area contributed by atoms with E-state index >= 15 is 0 Å². The molecule has 4 aromatic rings. The monoisotopic (exact) mass is 527 g/mol. The minimum Gasteiger partial charge on any atom is -0.496 e. The number of rotatable bonds is 8. The Morgan fingerprint density at radius 2 is 1.68 bits per heavy atom. The zero-order chi connectivity index (χ0) is 26.9. The molecule has 6 nitrogen and oxygen atoms in total. The number of fused-ring (bicyclic) bond motifs is 1. The van der Waals surface area contributed by atoms with E-state index in [1.54, 1.807) is 49.2 Å². The summed E-state index contributed by atoms with van der Waals surface area (Å²) in [6.45, 7) is 5.94. The maximum absolute atomic E-state index is 13.6. The van der Waals surface area contributed by atoms with Crippen molar-refractivity contribution in [2.75, 3.05) is 7.11 Å². The van der Waals surface area contributed by atoms with E-state index in [9.17, 15) is 18.0 Å². The number of benzene rings is 3. The number of alkyl halides is 2. The Morgan fingerprint density at radius 3 is 2.26 bits per heavy atom. The minimum atomic E-state index is -3.53. The van der Waals surface area contributed by atoms with Crippen LogP contribution in [-0.4, -0.2) is 34.8 Å². The lowest BCUT2D eigenvalue weighted by Crippen LogP contribution is -2.46. The first-order chi connectivity index (χ1) is 17.5. The molecule has 38 heavy (non-hydrogen) atoms. The predicted molar refractivity (Wildman–Crippen MR) is 142 cm³/mol. The molecule has 0 fully saturated rings. The summed E-state index contributed by atoms with van der Waals surface area (Å²) in [6.07, 6.45) is 0.879. The third-order valence-corrected chi connectivity index (χ3v) is 6.10. The number of halogens is 3. The molecule has 0 aliphatic heterocycles. The molecule has 1 N–H and O–H groups in total. The molecule has 1 aromatic heterocycles. The van der Waals surface area contributed by atoms with Gasteiger partial charge in [0, 0.05) is 12.3 Å². The van der Waals surface area contributed by atoms with Crippen LogP contribution in [0.15, 0.2) is 60.8 Å². The summed E-state index contributed by atoms with van der Waals surface area (Å²) in [6, 6.07) is 14.2. The van der Waals surface area contributed by atoms with Gasteiger partial charge in [0.1, 0.15) is 23.4 Å². The molecule has 1 amide bonds. The number of ether oxygens (including phenoxy) is 2. The van der Waals surface area contributed by atoms with Gasteiger partial charge in [-0.1, -0.05) is 7.43 Å². The molecule has 0 saturated carbocycles. The number of nitrogens with one attached hydrogen (secondary N) is 1. The molecule has 0 radical (unpaired) electrons. The van der Waals surface area contributed by atoms with Gasteiger partial charge in [-0.2, -0.15) is 13.9 Å². The van der Waals surface area contributed by atoms with Gasteiger partial charge < -0.3 is 14.8 Å². The SMILES string of the molecule is C.COc1c(C)cc([C@@H](Oc2ccc3c(cnn3-c3ccc(F)cc3)c2)[C@H](C)NC(=O)C(C)(F)F)cc1C. The maximum atomic E-state index is 13.6. The second kappa shape index (κ2) is 11.2. The molecular weight excluding hydrogens is 495 g/mol. The van der Waals surface area contributed by atoms with Gasteiger partial charge in [-0.05, 0) is 92.1 Å². The van der Waals surface area contributed by atoms with E-state index in [2.05, 4.69) is 10.4 Å². The Kier molecular flexibility index (Phi) is 8.39. The van der Waals surface area contributed by atoms with Crippen molar-refractivity contribution in [2.45, 2.75) is 53.2 Å². The first-order valence-electron chi connectivity index (χ1n) is 11.7. The number of nitrogens with zero attached hydrogens (tertiary/aromatic N) is 2. The molecule has 1 heterocycles. The fraction of sp³-hybridized carbons (Fsp3) is 0.310. The zero-order valence-electron chi connectivity index (χ0n) is 21.2. The molecular formula is C29H32F3N3O3. The molecule has 202 valence electrons. The standard InChI is InChI=1S/C28H28F3N3O3.CH4/c1-16-12-19(13-17(2)25(16)36-5)26(18(3)33-27(35)28(4,30)31)37-23-10-11-24-20(14-23)15-32-34(24)22-8-6-21(29)7-9-22;/h6-15,18,26H,1-5H3,(H,33,35);1H4/t18-,26-;/m0./s1. The summed E-state index contributed by atoms with van der Waals surface area (Å²) in [5.74, 6) is -4.07. The Labute approximate surface area is 220 Å². The van der Waals surface area contributed by atoms with E-state index in [0.29, 0.717) is 29.7 Å². The topological polar surface area (TPSA) is 65.4 Å². The molecule has 0 unspecified atom stereocenters. The maximum Gasteiger partial charge on any atom is 0.321 e. The highest BCUT2D eigenvalue weighted by Crippen LogP contribution is 2.33. The lowest BCUT2D eigenvalue weighted by molar-refractivity contribution is -0.144.